The lowest BCUT2D eigenvalue weighted by molar-refractivity contribution is 0.0953. The average molecular weight is 348 g/mol. The molecule has 1 amide bonds. The van der Waals surface area contributed by atoms with Crippen molar-refractivity contribution in [3.63, 3.8) is 0 Å². The first-order valence-electron chi connectivity index (χ1n) is 7.76. The minimum absolute atomic E-state index is 0.148. The van der Waals surface area contributed by atoms with Crippen molar-refractivity contribution in [3.8, 4) is 17.2 Å². The van der Waals surface area contributed by atoms with Crippen molar-refractivity contribution in [3.05, 3.63) is 52.5 Å². The molecule has 24 heavy (non-hydrogen) atoms. The van der Waals surface area contributed by atoms with E-state index in [1.807, 2.05) is 25.1 Å². The maximum atomic E-state index is 12.2. The summed E-state index contributed by atoms with van der Waals surface area (Å²) in [5.74, 6) is 1.79. The summed E-state index contributed by atoms with van der Waals surface area (Å²) in [4.78, 5) is 12.2. The standard InChI is InChI=1S/C18H18ClNO4/c1-2-22-15-5-3-12(9-14(15)19)7-8-20-18(21)13-4-6-16-17(10-13)24-11-23-16/h3-6,9-10H,2,7-8,11H2,1H3,(H,20,21). The zero-order chi connectivity index (χ0) is 16.9. The average Bonchev–Trinajstić information content (AvgIpc) is 3.05. The van der Waals surface area contributed by atoms with Crippen LogP contribution < -0.4 is 19.5 Å². The molecule has 126 valence electrons. The molecule has 0 fully saturated rings. The highest BCUT2D eigenvalue weighted by Gasteiger charge is 2.16. The van der Waals surface area contributed by atoms with Gasteiger partial charge in [-0.25, -0.2) is 0 Å². The van der Waals surface area contributed by atoms with Crippen molar-refractivity contribution in [2.24, 2.45) is 0 Å². The first kappa shape index (κ1) is 16.5. The molecule has 1 aliphatic rings. The fourth-order valence-corrected chi connectivity index (χ4v) is 2.69. The number of benzene rings is 2. The molecule has 6 heteroatoms. The molecule has 0 bridgehead atoms. The Morgan fingerprint density at radius 3 is 2.83 bits per heavy atom. The molecule has 5 nitrogen and oxygen atoms in total. The number of rotatable bonds is 6. The molecule has 0 saturated heterocycles. The molecule has 0 spiro atoms. The minimum atomic E-state index is -0.148. The van der Waals surface area contributed by atoms with Crippen LogP contribution in [0.1, 0.15) is 22.8 Å². The number of fused-ring (bicyclic) bond motifs is 1. The van der Waals surface area contributed by atoms with Crippen LogP contribution in [0.15, 0.2) is 36.4 Å². The molecule has 2 aromatic carbocycles. The Balaban J connectivity index is 1.54. The summed E-state index contributed by atoms with van der Waals surface area (Å²) in [6.07, 6.45) is 0.683. The van der Waals surface area contributed by atoms with Crippen LogP contribution in [0.4, 0.5) is 0 Å². The summed E-state index contributed by atoms with van der Waals surface area (Å²) in [7, 11) is 0. The molecule has 1 N–H and O–H groups in total. The van der Waals surface area contributed by atoms with E-state index in [9.17, 15) is 4.79 Å². The number of hydrogen-bond acceptors (Lipinski definition) is 4. The van der Waals surface area contributed by atoms with Crippen molar-refractivity contribution >= 4 is 17.5 Å². The van der Waals surface area contributed by atoms with Crippen molar-refractivity contribution in [2.45, 2.75) is 13.3 Å². The van der Waals surface area contributed by atoms with Crippen LogP contribution in [0.25, 0.3) is 0 Å². The summed E-state index contributed by atoms with van der Waals surface area (Å²) < 4.78 is 15.9. The van der Waals surface area contributed by atoms with E-state index in [1.54, 1.807) is 18.2 Å². The summed E-state index contributed by atoms with van der Waals surface area (Å²) in [6, 6.07) is 10.8. The lowest BCUT2D eigenvalue weighted by atomic mass is 10.1. The van der Waals surface area contributed by atoms with Gasteiger partial charge in [-0.15, -0.1) is 0 Å². The zero-order valence-electron chi connectivity index (χ0n) is 13.3. The van der Waals surface area contributed by atoms with Crippen LogP contribution in [0.5, 0.6) is 17.2 Å². The van der Waals surface area contributed by atoms with Gasteiger partial charge in [0.2, 0.25) is 6.79 Å². The first-order chi connectivity index (χ1) is 11.7. The molecule has 0 saturated carbocycles. The molecular weight excluding hydrogens is 330 g/mol. The van der Waals surface area contributed by atoms with Gasteiger partial charge in [-0.05, 0) is 49.2 Å². The highest BCUT2D eigenvalue weighted by atomic mass is 35.5. The normalized spacial score (nSPS) is 12.1. The van der Waals surface area contributed by atoms with Gasteiger partial charge in [0.25, 0.3) is 5.91 Å². The SMILES string of the molecule is CCOc1ccc(CCNC(=O)c2ccc3c(c2)OCO3)cc1Cl. The van der Waals surface area contributed by atoms with Gasteiger partial charge >= 0.3 is 0 Å². The van der Waals surface area contributed by atoms with E-state index in [0.717, 1.165) is 5.56 Å². The molecule has 1 heterocycles. The van der Waals surface area contributed by atoms with Crippen LogP contribution in [0, 0.1) is 0 Å². The van der Waals surface area contributed by atoms with Gasteiger partial charge in [-0.1, -0.05) is 17.7 Å². The number of amides is 1. The van der Waals surface area contributed by atoms with E-state index in [0.29, 0.717) is 47.4 Å². The van der Waals surface area contributed by atoms with Gasteiger partial charge < -0.3 is 19.5 Å². The molecular formula is C18H18ClNO4. The molecule has 2 aromatic rings. The number of carbonyl (C=O) groups excluding carboxylic acids is 1. The molecule has 0 unspecified atom stereocenters. The molecule has 0 aliphatic carbocycles. The number of nitrogens with one attached hydrogen (secondary N) is 1. The summed E-state index contributed by atoms with van der Waals surface area (Å²) >= 11 is 6.16. The summed E-state index contributed by atoms with van der Waals surface area (Å²) in [5, 5.41) is 3.47. The topological polar surface area (TPSA) is 56.8 Å². The van der Waals surface area contributed by atoms with E-state index in [4.69, 9.17) is 25.8 Å². The van der Waals surface area contributed by atoms with Gasteiger partial charge in [-0.3, -0.25) is 4.79 Å². The molecule has 0 radical (unpaired) electrons. The smallest absolute Gasteiger partial charge is 0.251 e. The lowest BCUT2D eigenvalue weighted by Gasteiger charge is -2.09. The fourth-order valence-electron chi connectivity index (χ4n) is 2.43. The van der Waals surface area contributed by atoms with E-state index < -0.39 is 0 Å². The zero-order valence-corrected chi connectivity index (χ0v) is 14.1. The highest BCUT2D eigenvalue weighted by Crippen LogP contribution is 2.32. The van der Waals surface area contributed by atoms with Gasteiger partial charge in [0.05, 0.1) is 11.6 Å². The third-order valence-corrected chi connectivity index (χ3v) is 3.93. The maximum absolute atomic E-state index is 12.2. The van der Waals surface area contributed by atoms with Crippen molar-refractivity contribution < 1.29 is 19.0 Å². The second-order valence-corrected chi connectivity index (χ2v) is 5.68. The lowest BCUT2D eigenvalue weighted by Crippen LogP contribution is -2.25. The molecule has 1 aliphatic heterocycles. The van der Waals surface area contributed by atoms with Crippen molar-refractivity contribution in [1.82, 2.24) is 5.32 Å². The second kappa shape index (κ2) is 7.45. The summed E-state index contributed by atoms with van der Waals surface area (Å²) in [5.41, 5.74) is 1.58. The monoisotopic (exact) mass is 347 g/mol. The minimum Gasteiger partial charge on any atom is -0.492 e. The second-order valence-electron chi connectivity index (χ2n) is 5.27. The van der Waals surface area contributed by atoms with Gasteiger partial charge in [0.15, 0.2) is 11.5 Å². The Morgan fingerprint density at radius 2 is 2.04 bits per heavy atom. The van der Waals surface area contributed by atoms with E-state index >= 15 is 0 Å². The summed E-state index contributed by atoms with van der Waals surface area (Å²) in [6.45, 7) is 3.19. The Bertz CT molecular complexity index is 748. The van der Waals surface area contributed by atoms with Crippen molar-refractivity contribution in [1.29, 1.82) is 0 Å². The van der Waals surface area contributed by atoms with Crippen LogP contribution >= 0.6 is 11.6 Å². The van der Waals surface area contributed by atoms with Crippen molar-refractivity contribution in [2.75, 3.05) is 19.9 Å². The Hall–Kier alpha value is -2.40. The highest BCUT2D eigenvalue weighted by molar-refractivity contribution is 6.32. The van der Waals surface area contributed by atoms with Crippen LogP contribution in [-0.4, -0.2) is 25.9 Å². The molecule has 0 atom stereocenters. The maximum Gasteiger partial charge on any atom is 0.251 e. The van der Waals surface area contributed by atoms with E-state index in [1.165, 1.54) is 0 Å². The van der Waals surface area contributed by atoms with Crippen LogP contribution in [0.3, 0.4) is 0 Å². The Kier molecular flexibility index (Phi) is 5.11. The van der Waals surface area contributed by atoms with Crippen LogP contribution in [-0.2, 0) is 6.42 Å². The van der Waals surface area contributed by atoms with Gasteiger partial charge in [-0.2, -0.15) is 0 Å². The Morgan fingerprint density at radius 1 is 1.21 bits per heavy atom. The molecule has 3 rings (SSSR count). The van der Waals surface area contributed by atoms with E-state index in [-0.39, 0.29) is 12.7 Å². The third kappa shape index (κ3) is 3.74. The quantitative estimate of drug-likeness (QED) is 0.869. The number of halogens is 1. The number of carbonyl (C=O) groups is 1. The number of hydrogen-bond donors (Lipinski definition) is 1. The third-order valence-electron chi connectivity index (χ3n) is 3.63. The Labute approximate surface area is 145 Å². The van der Waals surface area contributed by atoms with E-state index in [2.05, 4.69) is 5.32 Å². The van der Waals surface area contributed by atoms with Crippen LogP contribution in [0.2, 0.25) is 5.02 Å². The predicted molar refractivity (Wildman–Crippen MR) is 91.2 cm³/mol. The van der Waals surface area contributed by atoms with Gasteiger partial charge in [0, 0.05) is 12.1 Å². The fraction of sp³-hybridized carbons (Fsp3) is 0.278. The molecule has 0 aromatic heterocycles. The largest absolute Gasteiger partial charge is 0.492 e. The number of ether oxygens (including phenoxy) is 3. The predicted octanol–water partition coefficient (Wildman–Crippen LogP) is 3.44. The first-order valence-corrected chi connectivity index (χ1v) is 8.14. The van der Waals surface area contributed by atoms with Gasteiger partial charge in [0.1, 0.15) is 5.75 Å².